The molecule has 0 bridgehead atoms. The lowest BCUT2D eigenvalue weighted by Crippen LogP contribution is -2.27. The third kappa shape index (κ3) is 1.74. The summed E-state index contributed by atoms with van der Waals surface area (Å²) in [7, 11) is 0. The summed E-state index contributed by atoms with van der Waals surface area (Å²) in [5.41, 5.74) is 7.00. The highest BCUT2D eigenvalue weighted by Crippen LogP contribution is 2.21. The van der Waals surface area contributed by atoms with Crippen molar-refractivity contribution in [1.29, 1.82) is 0 Å². The Morgan fingerprint density at radius 1 is 1.53 bits per heavy atom. The molecule has 0 radical (unpaired) electrons. The van der Waals surface area contributed by atoms with Gasteiger partial charge in [-0.25, -0.2) is 4.98 Å². The van der Waals surface area contributed by atoms with Crippen LogP contribution in [0.25, 0.3) is 5.78 Å². The number of fused-ring (bicyclic) bond motifs is 1. The van der Waals surface area contributed by atoms with Crippen LogP contribution in [0.2, 0.25) is 0 Å². The molecular weight excluding hydrogens is 216 g/mol. The Hall–Kier alpha value is -1.69. The van der Waals surface area contributed by atoms with Crippen LogP contribution in [-0.2, 0) is 6.42 Å². The summed E-state index contributed by atoms with van der Waals surface area (Å²) in [5, 5.41) is 7.94. The van der Waals surface area contributed by atoms with Crippen LogP contribution in [0.15, 0.2) is 12.4 Å². The zero-order valence-corrected chi connectivity index (χ0v) is 9.87. The van der Waals surface area contributed by atoms with Crippen molar-refractivity contribution in [2.24, 2.45) is 5.73 Å². The van der Waals surface area contributed by atoms with Gasteiger partial charge in [-0.3, -0.25) is 4.40 Å². The Morgan fingerprint density at radius 2 is 2.41 bits per heavy atom. The van der Waals surface area contributed by atoms with Crippen molar-refractivity contribution in [3.63, 3.8) is 0 Å². The predicted octanol–water partition coefficient (Wildman–Crippen LogP) is 0.224. The normalized spacial score (nSPS) is 20.4. The van der Waals surface area contributed by atoms with Crippen LogP contribution < -0.4 is 10.6 Å². The zero-order valence-electron chi connectivity index (χ0n) is 9.87. The highest BCUT2D eigenvalue weighted by atomic mass is 15.3. The molecule has 3 rings (SSSR count). The minimum absolute atomic E-state index is 0.264. The average Bonchev–Trinajstić information content (AvgIpc) is 2.95. The number of aromatic nitrogens is 4. The molecule has 1 saturated heterocycles. The topological polar surface area (TPSA) is 72.3 Å². The molecule has 17 heavy (non-hydrogen) atoms. The first-order valence-corrected chi connectivity index (χ1v) is 5.98. The van der Waals surface area contributed by atoms with Crippen LogP contribution in [0.4, 0.5) is 5.82 Å². The molecule has 0 spiro atoms. The van der Waals surface area contributed by atoms with Crippen molar-refractivity contribution in [2.75, 3.05) is 18.0 Å². The highest BCUT2D eigenvalue weighted by Gasteiger charge is 2.22. The van der Waals surface area contributed by atoms with Crippen LogP contribution in [0.5, 0.6) is 0 Å². The van der Waals surface area contributed by atoms with E-state index in [2.05, 4.69) is 33.1 Å². The average molecular weight is 232 g/mol. The molecule has 1 atom stereocenters. The van der Waals surface area contributed by atoms with E-state index in [1.165, 1.54) is 0 Å². The number of hydrogen-bond donors (Lipinski definition) is 1. The lowest BCUT2D eigenvalue weighted by molar-refractivity contribution is 0.750. The molecule has 1 aliphatic heterocycles. The maximum atomic E-state index is 5.95. The molecule has 1 aliphatic rings. The number of rotatable bonds is 2. The fourth-order valence-electron chi connectivity index (χ4n) is 2.27. The lowest BCUT2D eigenvalue weighted by atomic mass is 10.3. The molecule has 3 heterocycles. The number of nitrogens with two attached hydrogens (primary N) is 1. The third-order valence-corrected chi connectivity index (χ3v) is 3.23. The first kappa shape index (κ1) is 10.5. The molecular formula is C11H16N6. The van der Waals surface area contributed by atoms with Gasteiger partial charge >= 0.3 is 0 Å². The summed E-state index contributed by atoms with van der Waals surface area (Å²) >= 11 is 0. The summed E-state index contributed by atoms with van der Waals surface area (Å²) in [5.74, 6) is 1.77. The Kier molecular flexibility index (Phi) is 2.44. The maximum absolute atomic E-state index is 5.95. The van der Waals surface area contributed by atoms with Crippen molar-refractivity contribution in [3.05, 3.63) is 18.1 Å². The van der Waals surface area contributed by atoms with Gasteiger partial charge in [-0.15, -0.1) is 10.2 Å². The fourth-order valence-corrected chi connectivity index (χ4v) is 2.27. The first-order valence-electron chi connectivity index (χ1n) is 5.98. The van der Waals surface area contributed by atoms with E-state index in [0.29, 0.717) is 5.78 Å². The van der Waals surface area contributed by atoms with Crippen molar-refractivity contribution in [3.8, 4) is 0 Å². The van der Waals surface area contributed by atoms with Gasteiger partial charge in [-0.1, -0.05) is 6.92 Å². The first-order chi connectivity index (χ1) is 8.28. The van der Waals surface area contributed by atoms with E-state index in [0.717, 1.165) is 37.4 Å². The second-order valence-electron chi connectivity index (χ2n) is 4.45. The van der Waals surface area contributed by atoms with Crippen LogP contribution in [0, 0.1) is 0 Å². The van der Waals surface area contributed by atoms with Crippen molar-refractivity contribution in [1.82, 2.24) is 19.6 Å². The minimum atomic E-state index is 0.264. The SMILES string of the molecule is CCc1cc(N2CCC(N)C2)n2cnnc2n1. The van der Waals surface area contributed by atoms with Crippen LogP contribution in [-0.4, -0.2) is 38.7 Å². The van der Waals surface area contributed by atoms with Gasteiger partial charge in [0.15, 0.2) is 0 Å². The number of hydrogen-bond acceptors (Lipinski definition) is 5. The number of nitrogens with zero attached hydrogens (tertiary/aromatic N) is 5. The van der Waals surface area contributed by atoms with E-state index in [-0.39, 0.29) is 6.04 Å². The largest absolute Gasteiger partial charge is 0.356 e. The van der Waals surface area contributed by atoms with E-state index >= 15 is 0 Å². The molecule has 0 aliphatic carbocycles. The van der Waals surface area contributed by atoms with Crippen LogP contribution in [0.3, 0.4) is 0 Å². The summed E-state index contributed by atoms with van der Waals surface area (Å²) in [4.78, 5) is 6.72. The van der Waals surface area contributed by atoms with Gasteiger partial charge in [0.2, 0.25) is 0 Å². The van der Waals surface area contributed by atoms with Gasteiger partial charge in [0.1, 0.15) is 12.1 Å². The Morgan fingerprint density at radius 3 is 3.12 bits per heavy atom. The minimum Gasteiger partial charge on any atom is -0.356 e. The molecule has 1 fully saturated rings. The van der Waals surface area contributed by atoms with Crippen molar-refractivity contribution < 1.29 is 0 Å². The smallest absolute Gasteiger partial charge is 0.256 e. The molecule has 0 aromatic carbocycles. The molecule has 2 aromatic heterocycles. The quantitative estimate of drug-likeness (QED) is 0.802. The summed E-state index contributed by atoms with van der Waals surface area (Å²) in [6.45, 7) is 3.97. The molecule has 0 amide bonds. The number of anilines is 1. The van der Waals surface area contributed by atoms with Crippen molar-refractivity contribution in [2.45, 2.75) is 25.8 Å². The Bertz CT molecular complexity index is 534. The van der Waals surface area contributed by atoms with Crippen molar-refractivity contribution >= 4 is 11.6 Å². The van der Waals surface area contributed by atoms with Gasteiger partial charge in [0, 0.05) is 30.9 Å². The Balaban J connectivity index is 2.10. The summed E-state index contributed by atoms with van der Waals surface area (Å²) < 4.78 is 1.93. The van der Waals surface area contributed by atoms with Crippen LogP contribution in [0.1, 0.15) is 19.0 Å². The second-order valence-corrected chi connectivity index (χ2v) is 4.45. The van der Waals surface area contributed by atoms with E-state index in [4.69, 9.17) is 5.73 Å². The molecule has 2 N–H and O–H groups in total. The second kappa shape index (κ2) is 3.96. The lowest BCUT2D eigenvalue weighted by Gasteiger charge is -2.19. The van der Waals surface area contributed by atoms with E-state index in [1.807, 2.05) is 4.40 Å². The molecule has 90 valence electrons. The van der Waals surface area contributed by atoms with Crippen LogP contribution >= 0.6 is 0 Å². The van der Waals surface area contributed by atoms with Gasteiger partial charge in [0.05, 0.1) is 0 Å². The van der Waals surface area contributed by atoms with E-state index < -0.39 is 0 Å². The predicted molar refractivity (Wildman–Crippen MR) is 65.0 cm³/mol. The fraction of sp³-hybridized carbons (Fsp3) is 0.545. The zero-order chi connectivity index (χ0) is 11.8. The standard InChI is InChI=1S/C11H16N6/c1-2-9-5-10(16-4-3-8(12)6-16)17-7-13-15-11(17)14-9/h5,7-8H,2-4,6,12H2,1H3. The molecule has 0 saturated carbocycles. The van der Waals surface area contributed by atoms with E-state index in [1.54, 1.807) is 6.33 Å². The monoisotopic (exact) mass is 232 g/mol. The van der Waals surface area contributed by atoms with Gasteiger partial charge < -0.3 is 10.6 Å². The summed E-state index contributed by atoms with van der Waals surface area (Å²) in [6, 6.07) is 2.37. The molecule has 6 nitrogen and oxygen atoms in total. The molecule has 1 unspecified atom stereocenters. The maximum Gasteiger partial charge on any atom is 0.256 e. The molecule has 2 aromatic rings. The van der Waals surface area contributed by atoms with Gasteiger partial charge in [-0.2, -0.15) is 0 Å². The summed E-state index contributed by atoms with van der Waals surface area (Å²) in [6.07, 6.45) is 3.64. The van der Waals surface area contributed by atoms with E-state index in [9.17, 15) is 0 Å². The van der Waals surface area contributed by atoms with Gasteiger partial charge in [0.25, 0.3) is 5.78 Å². The van der Waals surface area contributed by atoms with Gasteiger partial charge in [-0.05, 0) is 12.8 Å². The third-order valence-electron chi connectivity index (χ3n) is 3.23. The Labute approximate surface area is 99.5 Å². The number of aryl methyl sites for hydroxylation is 1. The highest BCUT2D eigenvalue weighted by molar-refractivity contribution is 5.49. The molecule has 6 heteroatoms.